The van der Waals surface area contributed by atoms with Gasteiger partial charge >= 0.3 is 0 Å². The average Bonchev–Trinajstić information content (AvgIpc) is 3.34. The van der Waals surface area contributed by atoms with Crippen LogP contribution < -0.4 is 9.91 Å². The van der Waals surface area contributed by atoms with E-state index in [1.54, 1.807) is 30.3 Å². The van der Waals surface area contributed by atoms with E-state index < -0.39 is 5.91 Å². The molecule has 42 heavy (non-hydrogen) atoms. The third-order valence-electron chi connectivity index (χ3n) is 6.22. The van der Waals surface area contributed by atoms with E-state index in [-0.39, 0.29) is 30.2 Å². The van der Waals surface area contributed by atoms with Crippen molar-refractivity contribution < 1.29 is 23.9 Å². The second kappa shape index (κ2) is 12.7. The zero-order chi connectivity index (χ0) is 29.3. The summed E-state index contributed by atoms with van der Waals surface area (Å²) in [5.41, 5.74) is 4.69. The predicted molar refractivity (Wildman–Crippen MR) is 158 cm³/mol. The molecule has 9 nitrogen and oxygen atoms in total. The summed E-state index contributed by atoms with van der Waals surface area (Å²) >= 11 is 0. The summed E-state index contributed by atoms with van der Waals surface area (Å²) in [5, 5.41) is 14.5. The van der Waals surface area contributed by atoms with Crippen LogP contribution in [-0.4, -0.2) is 24.7 Å². The van der Waals surface area contributed by atoms with Crippen molar-refractivity contribution >= 4 is 59.7 Å². The molecule has 0 radical (unpaired) electrons. The Kier molecular flexibility index (Phi) is 8.27. The second-order valence-corrected chi connectivity index (χ2v) is 8.82. The van der Waals surface area contributed by atoms with E-state index in [9.17, 15) is 14.4 Å². The minimum absolute atomic E-state index is 0.0823. The van der Waals surface area contributed by atoms with Crippen LogP contribution in [-0.2, 0) is 23.9 Å². The van der Waals surface area contributed by atoms with Crippen molar-refractivity contribution in [3.8, 4) is 6.07 Å². The summed E-state index contributed by atoms with van der Waals surface area (Å²) < 4.78 is 9.70. The minimum atomic E-state index is -0.416. The highest BCUT2D eigenvalue weighted by molar-refractivity contribution is 6.31. The molecule has 0 bridgehead atoms. The molecule has 0 atom stereocenters. The maximum absolute atomic E-state index is 13.2. The van der Waals surface area contributed by atoms with Crippen LogP contribution in [0.5, 0.6) is 0 Å². The number of para-hydroxylation sites is 2. The van der Waals surface area contributed by atoms with Crippen molar-refractivity contribution in [1.82, 2.24) is 0 Å². The van der Waals surface area contributed by atoms with Crippen LogP contribution in [0, 0.1) is 11.3 Å². The van der Waals surface area contributed by atoms with Crippen LogP contribution in [0.15, 0.2) is 126 Å². The number of benzene rings is 4. The van der Waals surface area contributed by atoms with E-state index in [0.717, 1.165) is 17.1 Å². The number of carbonyl (C=O) groups is 3. The number of allylic oxidation sites excluding steroid dienone is 1. The molecule has 5 rings (SSSR count). The Morgan fingerprint density at radius 2 is 1.33 bits per heavy atom. The first kappa shape index (κ1) is 27.3. The number of hydrogen-bond donors (Lipinski definition) is 0. The number of hydrogen-bond acceptors (Lipinski definition) is 8. The van der Waals surface area contributed by atoms with Crippen LogP contribution in [0.25, 0.3) is 12.2 Å². The Labute approximate surface area is 241 Å². The van der Waals surface area contributed by atoms with E-state index in [2.05, 4.69) is 9.84 Å². The predicted octanol–water partition coefficient (Wildman–Crippen LogP) is 6.11. The Morgan fingerprint density at radius 1 is 0.762 bits per heavy atom. The number of nitriles is 1. The summed E-state index contributed by atoms with van der Waals surface area (Å²) in [6.45, 7) is 0.456. The smallest absolute Gasteiger partial charge is 0.299 e. The number of rotatable bonds is 9. The van der Waals surface area contributed by atoms with E-state index in [4.69, 9.17) is 10.00 Å². The fourth-order valence-corrected chi connectivity index (χ4v) is 4.32. The molecule has 0 unspecified atom stereocenters. The highest BCUT2D eigenvalue weighted by Gasteiger charge is 2.32. The molecule has 1 aliphatic heterocycles. The topological polar surface area (TPSA) is 112 Å². The molecule has 9 heteroatoms. The van der Waals surface area contributed by atoms with Crippen LogP contribution >= 0.6 is 0 Å². The largest absolute Gasteiger partial charge is 0.417 e. The summed E-state index contributed by atoms with van der Waals surface area (Å²) in [6.07, 6.45) is 3.10. The summed E-state index contributed by atoms with van der Waals surface area (Å²) in [5.74, 6) is -0.608. The molecule has 1 aliphatic rings. The van der Waals surface area contributed by atoms with Crippen molar-refractivity contribution in [3.63, 3.8) is 0 Å². The lowest BCUT2D eigenvalue weighted by atomic mass is 10.1. The fourth-order valence-electron chi connectivity index (χ4n) is 4.32. The molecule has 0 aromatic heterocycles. The quantitative estimate of drug-likeness (QED) is 0.106. The fraction of sp³-hybridized carbons (Fsp3) is 0. The molecular weight excluding hydrogens is 532 g/mol. The van der Waals surface area contributed by atoms with Crippen molar-refractivity contribution in [2.75, 3.05) is 9.91 Å². The third kappa shape index (κ3) is 5.98. The van der Waals surface area contributed by atoms with Gasteiger partial charge in [-0.05, 0) is 71.8 Å². The highest BCUT2D eigenvalue weighted by atomic mass is 16.5. The molecule has 0 N–H and O–H groups in total. The van der Waals surface area contributed by atoms with Crippen molar-refractivity contribution in [2.24, 2.45) is 5.10 Å². The number of amides is 1. The van der Waals surface area contributed by atoms with Gasteiger partial charge in [0.2, 0.25) is 5.76 Å². The molecule has 0 aliphatic carbocycles. The van der Waals surface area contributed by atoms with Gasteiger partial charge in [-0.1, -0.05) is 60.7 Å². The van der Waals surface area contributed by atoms with Crippen molar-refractivity contribution in [1.29, 1.82) is 5.26 Å². The first-order chi connectivity index (χ1) is 20.6. The number of hydrazone groups is 1. The van der Waals surface area contributed by atoms with Crippen LogP contribution in [0.3, 0.4) is 0 Å². The molecule has 1 heterocycles. The van der Waals surface area contributed by atoms with Crippen LogP contribution in [0.4, 0.5) is 22.7 Å². The van der Waals surface area contributed by atoms with Gasteiger partial charge in [-0.3, -0.25) is 14.4 Å². The van der Waals surface area contributed by atoms with Gasteiger partial charge in [0.1, 0.15) is 11.6 Å². The molecule has 204 valence electrons. The maximum Gasteiger partial charge on any atom is 0.299 e. The number of carbonyl (C=O) groups excluding carboxylic acids is 3. The average molecular weight is 555 g/mol. The van der Waals surface area contributed by atoms with Gasteiger partial charge in [-0.15, -0.1) is 5.10 Å². The third-order valence-corrected chi connectivity index (χ3v) is 6.22. The van der Waals surface area contributed by atoms with Crippen LogP contribution in [0.2, 0.25) is 0 Å². The van der Waals surface area contributed by atoms with Gasteiger partial charge in [-0.25, -0.2) is 0 Å². The molecule has 0 saturated carbocycles. The summed E-state index contributed by atoms with van der Waals surface area (Å²) in [6, 6.07) is 35.4. The molecule has 4 aromatic carbocycles. The Bertz CT molecular complexity index is 1720. The normalized spacial score (nSPS) is 13.7. The van der Waals surface area contributed by atoms with Crippen molar-refractivity contribution in [2.45, 2.75) is 0 Å². The minimum Gasteiger partial charge on any atom is -0.417 e. The van der Waals surface area contributed by atoms with Crippen molar-refractivity contribution in [3.05, 3.63) is 132 Å². The SMILES string of the molecule is N#C/C(=C/c1ccc(N(c2ccccc2)c2ccc(/C=C3\C(=O)N(c4ccccc4)N=C3OC=O)cc2)cc1)OC=O. The molecule has 0 spiro atoms. The summed E-state index contributed by atoms with van der Waals surface area (Å²) in [7, 11) is 0. The highest BCUT2D eigenvalue weighted by Crippen LogP contribution is 2.35. The first-order valence-electron chi connectivity index (χ1n) is 12.7. The van der Waals surface area contributed by atoms with Gasteiger partial charge in [0.05, 0.1) is 5.69 Å². The molecule has 0 fully saturated rings. The van der Waals surface area contributed by atoms with E-state index in [1.807, 2.05) is 95.9 Å². The number of ether oxygens (including phenoxy) is 2. The Hall–Kier alpha value is -6.27. The molecular formula is C33H22N4O5. The van der Waals surface area contributed by atoms with E-state index >= 15 is 0 Å². The summed E-state index contributed by atoms with van der Waals surface area (Å²) in [4.78, 5) is 36.9. The maximum atomic E-state index is 13.2. The second-order valence-electron chi connectivity index (χ2n) is 8.82. The Balaban J connectivity index is 1.46. The molecule has 4 aromatic rings. The van der Waals surface area contributed by atoms with Gasteiger partial charge < -0.3 is 14.4 Å². The van der Waals surface area contributed by atoms with Gasteiger partial charge in [-0.2, -0.15) is 10.3 Å². The monoisotopic (exact) mass is 554 g/mol. The van der Waals surface area contributed by atoms with Gasteiger partial charge in [0.25, 0.3) is 24.7 Å². The number of anilines is 4. The first-order valence-corrected chi connectivity index (χ1v) is 12.7. The number of nitrogens with zero attached hydrogens (tertiary/aromatic N) is 4. The lowest BCUT2D eigenvalue weighted by Crippen LogP contribution is -2.21. The van der Waals surface area contributed by atoms with E-state index in [0.29, 0.717) is 16.8 Å². The zero-order valence-electron chi connectivity index (χ0n) is 22.0. The lowest BCUT2D eigenvalue weighted by Gasteiger charge is -2.25. The Morgan fingerprint density at radius 3 is 1.90 bits per heavy atom. The molecule has 1 amide bonds. The van der Waals surface area contributed by atoms with E-state index in [1.165, 1.54) is 11.1 Å². The molecule has 0 saturated heterocycles. The van der Waals surface area contributed by atoms with Gasteiger partial charge in [0.15, 0.2) is 0 Å². The zero-order valence-corrected chi connectivity index (χ0v) is 22.0. The lowest BCUT2D eigenvalue weighted by molar-refractivity contribution is -0.124. The van der Waals surface area contributed by atoms with Crippen LogP contribution in [0.1, 0.15) is 11.1 Å². The standard InChI is InChI=1S/C33H22N4O5/c34-21-30(41-22-38)19-24-11-15-27(16-12-24)36(26-7-3-1-4-8-26)28-17-13-25(14-18-28)20-31-32(42-23-39)35-37(33(31)40)29-9-5-2-6-10-29/h1-20,22-23H/b30-19-,31-20-. The van der Waals surface area contributed by atoms with Gasteiger partial charge in [0, 0.05) is 17.1 Å².